The van der Waals surface area contributed by atoms with Gasteiger partial charge in [-0.15, -0.1) is 0 Å². The van der Waals surface area contributed by atoms with Crippen LogP contribution in [0.1, 0.15) is 0 Å². The molecule has 5 heteroatoms. The molecule has 1 unspecified atom stereocenters. The summed E-state index contributed by atoms with van der Waals surface area (Å²) in [6.07, 6.45) is 0.455. The number of hydrogen-bond acceptors (Lipinski definition) is 2. The zero-order valence-electron chi connectivity index (χ0n) is 7.90. The van der Waals surface area contributed by atoms with E-state index in [-0.39, 0.29) is 12.4 Å². The summed E-state index contributed by atoms with van der Waals surface area (Å²) in [7, 11) is 0. The van der Waals surface area contributed by atoms with Crippen LogP contribution in [0.15, 0.2) is 24.4 Å². The Balaban J connectivity index is 2.39. The molecule has 0 aliphatic heterocycles. The summed E-state index contributed by atoms with van der Waals surface area (Å²) in [4.78, 5) is 0. The van der Waals surface area contributed by atoms with Gasteiger partial charge < -0.3 is 5.11 Å². The minimum atomic E-state index is -1.10. The van der Waals surface area contributed by atoms with Crippen molar-refractivity contribution in [3.05, 3.63) is 30.2 Å². The van der Waals surface area contributed by atoms with Gasteiger partial charge in [0.15, 0.2) is 0 Å². The highest BCUT2D eigenvalue weighted by molar-refractivity contribution is 5.78. The number of aromatic nitrogens is 2. The third-order valence-corrected chi connectivity index (χ3v) is 2.17. The number of hydrogen-bond donors (Lipinski definition) is 1. The molecule has 3 nitrogen and oxygen atoms in total. The molecule has 2 aromatic rings. The van der Waals surface area contributed by atoms with E-state index < -0.39 is 12.8 Å². The van der Waals surface area contributed by atoms with E-state index in [1.807, 2.05) is 0 Å². The van der Waals surface area contributed by atoms with Crippen molar-refractivity contribution in [3.63, 3.8) is 0 Å². The molecule has 0 aliphatic carbocycles. The van der Waals surface area contributed by atoms with Crippen molar-refractivity contribution in [3.8, 4) is 0 Å². The molecule has 0 amide bonds. The van der Waals surface area contributed by atoms with Gasteiger partial charge in [-0.2, -0.15) is 5.10 Å². The molecule has 2 rings (SSSR count). The molecule has 1 aromatic heterocycles. The van der Waals surface area contributed by atoms with Crippen molar-refractivity contribution in [2.24, 2.45) is 0 Å². The van der Waals surface area contributed by atoms with Gasteiger partial charge >= 0.3 is 0 Å². The number of fused-ring (bicyclic) bond motifs is 1. The van der Waals surface area contributed by atoms with Crippen molar-refractivity contribution in [2.75, 3.05) is 6.67 Å². The maximum atomic E-state index is 12.9. The molecule has 80 valence electrons. The first-order chi connectivity index (χ1) is 7.20. The van der Waals surface area contributed by atoms with Gasteiger partial charge in [0.05, 0.1) is 18.3 Å². The van der Waals surface area contributed by atoms with Crippen LogP contribution in [0.25, 0.3) is 10.9 Å². The fraction of sp³-hybridized carbons (Fsp3) is 0.300. The van der Waals surface area contributed by atoms with E-state index >= 15 is 0 Å². The lowest BCUT2D eigenvalue weighted by Gasteiger charge is -2.07. The maximum absolute atomic E-state index is 12.9. The molecular weight excluding hydrogens is 202 g/mol. The lowest BCUT2D eigenvalue weighted by Crippen LogP contribution is -2.18. The molecule has 0 spiro atoms. The summed E-state index contributed by atoms with van der Waals surface area (Å²) in [5, 5.41) is 13.8. The van der Waals surface area contributed by atoms with Gasteiger partial charge in [-0.3, -0.25) is 4.68 Å². The van der Waals surface area contributed by atoms with Crippen LogP contribution in [0.4, 0.5) is 8.78 Å². The van der Waals surface area contributed by atoms with Crippen LogP contribution < -0.4 is 0 Å². The van der Waals surface area contributed by atoms with Crippen LogP contribution in [0, 0.1) is 5.82 Å². The molecule has 15 heavy (non-hydrogen) atoms. The van der Waals surface area contributed by atoms with Gasteiger partial charge in [0.1, 0.15) is 18.6 Å². The van der Waals surface area contributed by atoms with Gasteiger partial charge in [0.25, 0.3) is 0 Å². The molecule has 1 aromatic carbocycles. The molecule has 1 heterocycles. The van der Waals surface area contributed by atoms with Crippen LogP contribution in [-0.4, -0.2) is 27.7 Å². The summed E-state index contributed by atoms with van der Waals surface area (Å²) in [5.41, 5.74) is 0.558. The Morgan fingerprint density at radius 3 is 3.00 bits per heavy atom. The predicted octanol–water partition coefficient (Wildman–Crippen LogP) is 1.51. The molecule has 0 saturated carbocycles. The van der Waals surface area contributed by atoms with E-state index in [4.69, 9.17) is 5.11 Å². The van der Waals surface area contributed by atoms with Crippen molar-refractivity contribution >= 4 is 10.9 Å². The second-order valence-electron chi connectivity index (χ2n) is 3.34. The second-order valence-corrected chi connectivity index (χ2v) is 3.34. The van der Waals surface area contributed by atoms with E-state index in [1.54, 1.807) is 12.3 Å². The minimum absolute atomic E-state index is 0.0312. The van der Waals surface area contributed by atoms with Crippen LogP contribution in [-0.2, 0) is 6.54 Å². The van der Waals surface area contributed by atoms with Crippen molar-refractivity contribution in [2.45, 2.75) is 12.6 Å². The van der Waals surface area contributed by atoms with Crippen LogP contribution >= 0.6 is 0 Å². The Morgan fingerprint density at radius 2 is 2.27 bits per heavy atom. The van der Waals surface area contributed by atoms with Gasteiger partial charge in [0, 0.05) is 5.39 Å². The summed E-state index contributed by atoms with van der Waals surface area (Å²) in [6, 6.07) is 4.24. The summed E-state index contributed by atoms with van der Waals surface area (Å²) in [6.45, 7) is -0.805. The average Bonchev–Trinajstić information content (AvgIpc) is 2.61. The van der Waals surface area contributed by atoms with Gasteiger partial charge in [0.2, 0.25) is 0 Å². The number of nitrogens with zero attached hydrogens (tertiary/aromatic N) is 2. The lowest BCUT2D eigenvalue weighted by atomic mass is 10.2. The SMILES string of the molecule is OC(CF)Cn1ncc2ccc(F)cc21. The van der Waals surface area contributed by atoms with Crippen molar-refractivity contribution < 1.29 is 13.9 Å². The van der Waals surface area contributed by atoms with Crippen molar-refractivity contribution in [1.82, 2.24) is 9.78 Å². The number of alkyl halides is 1. The molecule has 0 saturated heterocycles. The zero-order chi connectivity index (χ0) is 10.8. The Kier molecular flexibility index (Phi) is 2.64. The molecule has 1 atom stereocenters. The standard InChI is InChI=1S/C10H10F2N2O/c11-4-9(15)6-14-10-3-8(12)2-1-7(10)5-13-14/h1-3,5,9,15H,4,6H2. The van der Waals surface area contributed by atoms with Gasteiger partial charge in [-0.1, -0.05) is 0 Å². The van der Waals surface area contributed by atoms with E-state index in [2.05, 4.69) is 5.10 Å². The van der Waals surface area contributed by atoms with Gasteiger partial charge in [-0.25, -0.2) is 8.78 Å². The smallest absolute Gasteiger partial charge is 0.125 e. The minimum Gasteiger partial charge on any atom is -0.388 e. The fourth-order valence-corrected chi connectivity index (χ4v) is 1.44. The number of aliphatic hydroxyl groups excluding tert-OH is 1. The molecule has 0 fully saturated rings. The normalized spacial score (nSPS) is 13.3. The van der Waals surface area contributed by atoms with Gasteiger partial charge in [-0.05, 0) is 18.2 Å². The van der Waals surface area contributed by atoms with Crippen LogP contribution in [0.3, 0.4) is 0 Å². The van der Waals surface area contributed by atoms with E-state index in [1.165, 1.54) is 16.8 Å². The van der Waals surface area contributed by atoms with Crippen LogP contribution in [0.2, 0.25) is 0 Å². The fourth-order valence-electron chi connectivity index (χ4n) is 1.44. The number of halogens is 2. The van der Waals surface area contributed by atoms with Crippen LogP contribution in [0.5, 0.6) is 0 Å². The molecular formula is C10H10F2N2O. The Bertz CT molecular complexity index is 469. The summed E-state index contributed by atoms with van der Waals surface area (Å²) >= 11 is 0. The first kappa shape index (κ1) is 10.0. The third-order valence-electron chi connectivity index (χ3n) is 2.17. The largest absolute Gasteiger partial charge is 0.388 e. The maximum Gasteiger partial charge on any atom is 0.125 e. The molecule has 0 aliphatic rings. The number of rotatable bonds is 3. The lowest BCUT2D eigenvalue weighted by molar-refractivity contribution is 0.119. The highest BCUT2D eigenvalue weighted by atomic mass is 19.1. The predicted molar refractivity (Wildman–Crippen MR) is 51.7 cm³/mol. The summed E-state index contributed by atoms with van der Waals surface area (Å²) < 4.78 is 26.4. The Labute approximate surface area is 84.9 Å². The quantitative estimate of drug-likeness (QED) is 0.837. The third kappa shape index (κ3) is 1.97. The second kappa shape index (κ2) is 3.94. The molecule has 0 bridgehead atoms. The molecule has 0 radical (unpaired) electrons. The summed E-state index contributed by atoms with van der Waals surface area (Å²) in [5.74, 6) is -0.376. The topological polar surface area (TPSA) is 38.0 Å². The van der Waals surface area contributed by atoms with Crippen molar-refractivity contribution in [1.29, 1.82) is 0 Å². The number of benzene rings is 1. The Morgan fingerprint density at radius 1 is 1.47 bits per heavy atom. The number of aliphatic hydroxyl groups is 1. The average molecular weight is 212 g/mol. The van der Waals surface area contributed by atoms with E-state index in [0.29, 0.717) is 5.52 Å². The Hall–Kier alpha value is -1.49. The first-order valence-electron chi connectivity index (χ1n) is 4.56. The zero-order valence-corrected chi connectivity index (χ0v) is 7.90. The first-order valence-corrected chi connectivity index (χ1v) is 4.56. The van der Waals surface area contributed by atoms with E-state index in [0.717, 1.165) is 5.39 Å². The highest BCUT2D eigenvalue weighted by Gasteiger charge is 2.08. The molecule has 1 N–H and O–H groups in total. The monoisotopic (exact) mass is 212 g/mol. The van der Waals surface area contributed by atoms with E-state index in [9.17, 15) is 8.78 Å². The highest BCUT2D eigenvalue weighted by Crippen LogP contribution is 2.15.